The average molecular weight is 216 g/mol. The molecule has 0 spiro atoms. The molecule has 1 aromatic heterocycles. The lowest BCUT2D eigenvalue weighted by molar-refractivity contribution is 0.462. The topological polar surface area (TPSA) is 38.0 Å². The summed E-state index contributed by atoms with van der Waals surface area (Å²) in [6.07, 6.45) is 1.52. The first-order chi connectivity index (χ1) is 7.77. The van der Waals surface area contributed by atoms with Crippen molar-refractivity contribution in [1.29, 1.82) is 0 Å². The molecule has 0 atom stereocenters. The van der Waals surface area contributed by atoms with Gasteiger partial charge in [0.1, 0.15) is 5.69 Å². The molecule has 0 fully saturated rings. The third-order valence-corrected chi connectivity index (χ3v) is 2.69. The molecule has 0 saturated heterocycles. The molecule has 3 heteroatoms. The molecule has 0 unspecified atom stereocenters. The average Bonchev–Trinajstić information content (AvgIpc) is 2.66. The Morgan fingerprint density at radius 1 is 1.12 bits per heavy atom. The van der Waals surface area contributed by atoms with Gasteiger partial charge in [-0.2, -0.15) is 5.10 Å². The van der Waals surface area contributed by atoms with Gasteiger partial charge < -0.3 is 5.11 Å². The van der Waals surface area contributed by atoms with Gasteiger partial charge in [0.25, 0.3) is 0 Å². The minimum atomic E-state index is 0.342. The van der Waals surface area contributed by atoms with Crippen molar-refractivity contribution in [3.8, 4) is 11.4 Å². The van der Waals surface area contributed by atoms with Crippen molar-refractivity contribution in [2.75, 3.05) is 0 Å². The summed E-state index contributed by atoms with van der Waals surface area (Å²) in [6, 6.07) is 9.90. The summed E-state index contributed by atoms with van der Waals surface area (Å²) in [6.45, 7) is 4.02. The largest absolute Gasteiger partial charge is 0.504 e. The van der Waals surface area contributed by atoms with E-state index in [0.29, 0.717) is 5.75 Å². The molecule has 2 aromatic rings. The summed E-state index contributed by atoms with van der Waals surface area (Å²) >= 11 is 0. The van der Waals surface area contributed by atoms with E-state index in [4.69, 9.17) is 0 Å². The molecule has 3 nitrogen and oxygen atoms in total. The van der Waals surface area contributed by atoms with E-state index in [1.54, 1.807) is 0 Å². The predicted octanol–water partition coefficient (Wildman–Crippen LogP) is 2.70. The van der Waals surface area contributed by atoms with E-state index < -0.39 is 0 Å². The molecule has 0 aliphatic rings. The minimum Gasteiger partial charge on any atom is -0.504 e. The van der Waals surface area contributed by atoms with Crippen LogP contribution in [0.5, 0.6) is 5.75 Å². The highest BCUT2D eigenvalue weighted by molar-refractivity contribution is 5.40. The lowest BCUT2D eigenvalue weighted by Gasteiger charge is -2.04. The third-order valence-electron chi connectivity index (χ3n) is 2.69. The molecule has 84 valence electrons. The Morgan fingerprint density at radius 3 is 2.38 bits per heavy atom. The van der Waals surface area contributed by atoms with Gasteiger partial charge in [-0.15, -0.1) is 0 Å². The van der Waals surface area contributed by atoms with Gasteiger partial charge in [0.05, 0.1) is 11.4 Å². The molecule has 1 aromatic carbocycles. The van der Waals surface area contributed by atoms with E-state index in [9.17, 15) is 5.11 Å². The van der Waals surface area contributed by atoms with E-state index in [2.05, 4.69) is 5.10 Å². The summed E-state index contributed by atoms with van der Waals surface area (Å²) in [5.41, 5.74) is 2.64. The van der Waals surface area contributed by atoms with Crippen LogP contribution in [0.2, 0.25) is 0 Å². The zero-order valence-electron chi connectivity index (χ0n) is 9.64. The van der Waals surface area contributed by atoms with Crippen LogP contribution in [-0.2, 0) is 12.8 Å². The summed E-state index contributed by atoms with van der Waals surface area (Å²) < 4.78 is 1.83. The second kappa shape index (κ2) is 4.39. The van der Waals surface area contributed by atoms with Crippen molar-refractivity contribution in [2.45, 2.75) is 26.7 Å². The normalized spacial score (nSPS) is 10.6. The third kappa shape index (κ3) is 1.69. The van der Waals surface area contributed by atoms with Crippen LogP contribution in [-0.4, -0.2) is 14.9 Å². The first-order valence-corrected chi connectivity index (χ1v) is 5.63. The van der Waals surface area contributed by atoms with Crippen LogP contribution in [0, 0.1) is 0 Å². The zero-order chi connectivity index (χ0) is 11.5. The van der Waals surface area contributed by atoms with E-state index in [1.165, 1.54) is 0 Å². The number of rotatable bonds is 3. The number of aromatic hydroxyl groups is 1. The number of nitrogens with zero attached hydrogens (tertiary/aromatic N) is 2. The van der Waals surface area contributed by atoms with Crippen molar-refractivity contribution < 1.29 is 5.11 Å². The molecule has 0 bridgehead atoms. The Balaban J connectivity index is 2.57. The van der Waals surface area contributed by atoms with Crippen LogP contribution in [0.15, 0.2) is 30.3 Å². The van der Waals surface area contributed by atoms with E-state index in [0.717, 1.165) is 29.9 Å². The van der Waals surface area contributed by atoms with Crippen LogP contribution >= 0.6 is 0 Å². The fourth-order valence-electron chi connectivity index (χ4n) is 1.83. The maximum absolute atomic E-state index is 9.99. The lowest BCUT2D eigenvalue weighted by atomic mass is 10.2. The second-order valence-corrected chi connectivity index (χ2v) is 3.70. The highest BCUT2D eigenvalue weighted by Crippen LogP contribution is 2.25. The molecule has 1 heterocycles. The number of aryl methyl sites for hydroxylation is 1. The van der Waals surface area contributed by atoms with Crippen molar-refractivity contribution in [1.82, 2.24) is 9.78 Å². The zero-order valence-corrected chi connectivity index (χ0v) is 9.64. The Kier molecular flexibility index (Phi) is 2.95. The molecule has 0 saturated carbocycles. The number of aromatic nitrogens is 2. The highest BCUT2D eigenvalue weighted by Gasteiger charge is 2.14. The SMILES string of the molecule is CCc1nn(-c2ccccc2)c(CC)c1O. The van der Waals surface area contributed by atoms with Crippen molar-refractivity contribution >= 4 is 0 Å². The molecule has 0 aliphatic heterocycles. The smallest absolute Gasteiger partial charge is 0.160 e. The number of hydrogen-bond donors (Lipinski definition) is 1. The lowest BCUT2D eigenvalue weighted by Crippen LogP contribution is -2.01. The van der Waals surface area contributed by atoms with Crippen LogP contribution in [0.3, 0.4) is 0 Å². The Bertz CT molecular complexity index is 474. The van der Waals surface area contributed by atoms with Gasteiger partial charge in [-0.1, -0.05) is 32.0 Å². The Labute approximate surface area is 95.3 Å². The first-order valence-electron chi connectivity index (χ1n) is 5.63. The van der Waals surface area contributed by atoms with Crippen LogP contribution in [0.1, 0.15) is 25.2 Å². The van der Waals surface area contributed by atoms with Crippen LogP contribution in [0.4, 0.5) is 0 Å². The van der Waals surface area contributed by atoms with Gasteiger partial charge in [-0.25, -0.2) is 4.68 Å². The Morgan fingerprint density at radius 2 is 1.81 bits per heavy atom. The summed E-state index contributed by atoms with van der Waals surface area (Å²) in [4.78, 5) is 0. The fraction of sp³-hybridized carbons (Fsp3) is 0.308. The quantitative estimate of drug-likeness (QED) is 0.856. The van der Waals surface area contributed by atoms with Gasteiger partial charge in [-0.3, -0.25) is 0 Å². The molecule has 1 N–H and O–H groups in total. The summed E-state index contributed by atoms with van der Waals surface area (Å²) in [5, 5.41) is 14.4. The first kappa shape index (κ1) is 10.7. The highest BCUT2D eigenvalue weighted by atomic mass is 16.3. The number of para-hydroxylation sites is 1. The molecule has 0 radical (unpaired) electrons. The second-order valence-electron chi connectivity index (χ2n) is 3.70. The van der Waals surface area contributed by atoms with Gasteiger partial charge in [0.15, 0.2) is 5.75 Å². The van der Waals surface area contributed by atoms with Gasteiger partial charge in [-0.05, 0) is 25.0 Å². The standard InChI is InChI=1S/C13H16N2O/c1-3-11-13(16)12(4-2)15(14-11)10-8-6-5-7-9-10/h5-9,16H,3-4H2,1-2H3. The molecule has 0 amide bonds. The maximum atomic E-state index is 9.99. The van der Waals surface area contributed by atoms with Gasteiger partial charge in [0, 0.05) is 0 Å². The number of hydrogen-bond acceptors (Lipinski definition) is 2. The molecular formula is C13H16N2O. The number of benzene rings is 1. The van der Waals surface area contributed by atoms with Crippen LogP contribution < -0.4 is 0 Å². The molecule has 2 rings (SSSR count). The van der Waals surface area contributed by atoms with Gasteiger partial charge in [0.2, 0.25) is 0 Å². The monoisotopic (exact) mass is 216 g/mol. The van der Waals surface area contributed by atoms with E-state index in [1.807, 2.05) is 48.9 Å². The van der Waals surface area contributed by atoms with Crippen molar-refractivity contribution in [3.05, 3.63) is 41.7 Å². The van der Waals surface area contributed by atoms with E-state index in [-0.39, 0.29) is 0 Å². The Hall–Kier alpha value is -1.77. The van der Waals surface area contributed by atoms with Crippen LogP contribution in [0.25, 0.3) is 5.69 Å². The minimum absolute atomic E-state index is 0.342. The van der Waals surface area contributed by atoms with Crippen molar-refractivity contribution in [2.24, 2.45) is 0 Å². The molecule has 16 heavy (non-hydrogen) atoms. The van der Waals surface area contributed by atoms with Crippen molar-refractivity contribution in [3.63, 3.8) is 0 Å². The predicted molar refractivity (Wildman–Crippen MR) is 64.0 cm³/mol. The molecule has 0 aliphatic carbocycles. The summed E-state index contributed by atoms with van der Waals surface area (Å²) in [7, 11) is 0. The maximum Gasteiger partial charge on any atom is 0.160 e. The molecular weight excluding hydrogens is 200 g/mol. The summed E-state index contributed by atoms with van der Waals surface area (Å²) in [5.74, 6) is 0.342. The van der Waals surface area contributed by atoms with E-state index >= 15 is 0 Å². The van der Waals surface area contributed by atoms with Gasteiger partial charge >= 0.3 is 0 Å². The fourth-order valence-corrected chi connectivity index (χ4v) is 1.83.